The molecule has 0 bridgehead atoms. The molecule has 0 saturated heterocycles. The summed E-state index contributed by atoms with van der Waals surface area (Å²) in [6, 6.07) is 35.9. The molecule has 8 aliphatic rings. The van der Waals surface area contributed by atoms with E-state index in [2.05, 4.69) is 199 Å². The zero-order valence-electron chi connectivity index (χ0n) is 39.5. The third-order valence-electron chi connectivity index (χ3n) is 15.9. The Morgan fingerprint density at radius 2 is 1.62 bits per heavy atom. The van der Waals surface area contributed by atoms with E-state index in [9.17, 15) is 0 Å². The third-order valence-corrected chi connectivity index (χ3v) is 15.9. The molecule has 6 aliphatic carbocycles. The van der Waals surface area contributed by atoms with Crippen LogP contribution >= 0.6 is 0 Å². The minimum Gasteiger partial charge on any atom is -0.485 e. The summed E-state index contributed by atoms with van der Waals surface area (Å²) in [7, 11) is 0. The van der Waals surface area contributed by atoms with E-state index in [-0.39, 0.29) is 17.4 Å². The third kappa shape index (κ3) is 7.45. The molecule has 2 aliphatic heterocycles. The molecule has 69 heavy (non-hydrogen) atoms. The number of allylic oxidation sites excluding steroid dienone is 14. The maximum atomic E-state index is 7.09. The van der Waals surface area contributed by atoms with Crippen LogP contribution in [0.25, 0.3) is 34.4 Å². The second kappa shape index (κ2) is 17.4. The molecular weight excluding hydrogens is 841 g/mol. The van der Waals surface area contributed by atoms with Crippen molar-refractivity contribution >= 4 is 35.0 Å². The van der Waals surface area contributed by atoms with Crippen LogP contribution in [0, 0.1) is 5.41 Å². The second-order valence-corrected chi connectivity index (χ2v) is 20.2. The van der Waals surface area contributed by atoms with Crippen LogP contribution in [0.1, 0.15) is 127 Å². The number of fused-ring (bicyclic) bond motifs is 6. The van der Waals surface area contributed by atoms with Gasteiger partial charge in [-0.2, -0.15) is 0 Å². The van der Waals surface area contributed by atoms with Crippen molar-refractivity contribution in [3.63, 3.8) is 0 Å². The van der Waals surface area contributed by atoms with Gasteiger partial charge in [-0.05, 0) is 109 Å². The molecule has 0 radical (unpaired) electrons. The molecule has 0 fully saturated rings. The highest BCUT2D eigenvalue weighted by Crippen LogP contribution is 2.52. The Labute approximate surface area is 406 Å². The van der Waals surface area contributed by atoms with Gasteiger partial charge in [-0.25, -0.2) is 9.98 Å². The maximum Gasteiger partial charge on any atom is 0.159 e. The van der Waals surface area contributed by atoms with Crippen molar-refractivity contribution in [3.8, 4) is 16.9 Å². The standard InChI is InChI=1S/C64H58N4O/c1-64(36-17-6-18-37-64)55-39-46(32-34-48(55)42-20-7-2-8-21-42)45-33-35-49(53(38-45)63-66-61(43-22-9-3-10-23-43)65-62(67-63)44-24-11-4-12-25-44)51-29-19-31-58-60(51)54-40-52-50-28-15-16-30-56(50)68(47-26-13-5-14-27-47)57(52)41-59(54)69-58/h2-11,13,15,17-24,28-29,31,33-36,38-40,46-47,59,63H,12,14,16,25-27,30,32,37,41H2,1H3,(H,65,66,67). The minimum absolute atomic E-state index is 0.0448. The first-order valence-corrected chi connectivity index (χ1v) is 25.5. The highest BCUT2D eigenvalue weighted by molar-refractivity contribution is 6.13. The van der Waals surface area contributed by atoms with E-state index in [1.807, 2.05) is 0 Å². The summed E-state index contributed by atoms with van der Waals surface area (Å²) in [5, 5.41) is 3.93. The number of aliphatic imine (C=N–C) groups is 2. The van der Waals surface area contributed by atoms with Gasteiger partial charge >= 0.3 is 0 Å². The van der Waals surface area contributed by atoms with Crippen molar-refractivity contribution in [2.45, 2.75) is 95.4 Å². The molecule has 0 amide bonds. The van der Waals surface area contributed by atoms with Crippen LogP contribution in [0.2, 0.25) is 0 Å². The van der Waals surface area contributed by atoms with Crippen LogP contribution in [0.3, 0.4) is 0 Å². The molecule has 5 heteroatoms. The van der Waals surface area contributed by atoms with Crippen LogP contribution < -0.4 is 10.1 Å². The number of nitrogens with one attached hydrogen (secondary N) is 1. The lowest BCUT2D eigenvalue weighted by atomic mass is 9.68. The normalized spacial score (nSPS) is 25.1. The van der Waals surface area contributed by atoms with Gasteiger partial charge in [0.15, 0.2) is 5.84 Å². The first kappa shape index (κ1) is 41.9. The van der Waals surface area contributed by atoms with Crippen molar-refractivity contribution < 1.29 is 4.74 Å². The first-order chi connectivity index (χ1) is 34.1. The average Bonchev–Trinajstić information content (AvgIpc) is 3.95. The van der Waals surface area contributed by atoms with Gasteiger partial charge in [0.05, 0.1) is 0 Å². The van der Waals surface area contributed by atoms with E-state index in [1.165, 1.54) is 79.0 Å². The number of hydrogen-bond donors (Lipinski definition) is 1. The molecule has 0 spiro atoms. The Balaban J connectivity index is 0.975. The van der Waals surface area contributed by atoms with Gasteiger partial charge in [0.2, 0.25) is 0 Å². The molecule has 5 nitrogen and oxygen atoms in total. The van der Waals surface area contributed by atoms with Gasteiger partial charge in [0, 0.05) is 68.6 Å². The second-order valence-electron chi connectivity index (χ2n) is 20.2. The highest BCUT2D eigenvalue weighted by Gasteiger charge is 2.40. The number of ether oxygens (including phenoxy) is 1. The Bertz CT molecular complexity index is 3250. The lowest BCUT2D eigenvalue weighted by Gasteiger charge is -2.35. The fourth-order valence-electron chi connectivity index (χ4n) is 12.4. The largest absolute Gasteiger partial charge is 0.485 e. The van der Waals surface area contributed by atoms with E-state index in [4.69, 9.17) is 14.7 Å². The van der Waals surface area contributed by atoms with Gasteiger partial charge in [0.25, 0.3) is 0 Å². The van der Waals surface area contributed by atoms with Gasteiger partial charge < -0.3 is 14.6 Å². The molecule has 0 saturated carbocycles. The fraction of sp³-hybridized carbons (Fsp3) is 0.250. The Morgan fingerprint density at radius 3 is 2.43 bits per heavy atom. The van der Waals surface area contributed by atoms with E-state index >= 15 is 0 Å². The Kier molecular flexibility index (Phi) is 10.6. The van der Waals surface area contributed by atoms with Crippen molar-refractivity contribution in [2.75, 3.05) is 0 Å². The predicted octanol–water partition coefficient (Wildman–Crippen LogP) is 15.0. The maximum absolute atomic E-state index is 7.09. The molecule has 13 rings (SSSR count). The zero-order valence-corrected chi connectivity index (χ0v) is 39.5. The summed E-state index contributed by atoms with van der Waals surface area (Å²) in [6.45, 7) is 2.40. The average molecular weight is 899 g/mol. The zero-order chi connectivity index (χ0) is 45.9. The molecule has 5 aromatic rings. The fourth-order valence-corrected chi connectivity index (χ4v) is 12.4. The molecule has 340 valence electrons. The quantitative estimate of drug-likeness (QED) is 0.158. The van der Waals surface area contributed by atoms with Gasteiger partial charge in [-0.1, -0.05) is 177 Å². The molecule has 5 atom stereocenters. The number of rotatable bonds is 8. The van der Waals surface area contributed by atoms with Crippen LogP contribution in [0.4, 0.5) is 0 Å². The van der Waals surface area contributed by atoms with E-state index < -0.39 is 6.17 Å². The first-order valence-electron chi connectivity index (χ1n) is 25.5. The molecular formula is C64H58N4O. The van der Waals surface area contributed by atoms with Crippen LogP contribution in [-0.2, 0) is 12.8 Å². The highest BCUT2D eigenvalue weighted by atomic mass is 16.5. The Morgan fingerprint density at radius 1 is 0.754 bits per heavy atom. The number of amidine groups is 2. The topological polar surface area (TPSA) is 50.9 Å². The van der Waals surface area contributed by atoms with E-state index in [0.717, 1.165) is 86.3 Å². The summed E-state index contributed by atoms with van der Waals surface area (Å²) in [4.78, 5) is 10.8. The van der Waals surface area contributed by atoms with Gasteiger partial charge in [0.1, 0.15) is 23.9 Å². The number of hydrogen-bond acceptors (Lipinski definition) is 4. The summed E-state index contributed by atoms with van der Waals surface area (Å²) in [5.74, 6) is 2.79. The molecule has 4 aromatic carbocycles. The van der Waals surface area contributed by atoms with Gasteiger partial charge in [-0.15, -0.1) is 0 Å². The van der Waals surface area contributed by atoms with Crippen molar-refractivity contribution in [1.29, 1.82) is 0 Å². The van der Waals surface area contributed by atoms with Gasteiger partial charge in [-0.3, -0.25) is 0 Å². The summed E-state index contributed by atoms with van der Waals surface area (Å²) >= 11 is 0. The van der Waals surface area contributed by atoms with Crippen LogP contribution in [0.15, 0.2) is 191 Å². The number of aromatic nitrogens is 1. The lowest BCUT2D eigenvalue weighted by molar-refractivity contribution is 0.270. The minimum atomic E-state index is -0.391. The van der Waals surface area contributed by atoms with Crippen molar-refractivity contribution in [3.05, 3.63) is 231 Å². The van der Waals surface area contributed by atoms with Crippen LogP contribution in [-0.4, -0.2) is 22.3 Å². The monoisotopic (exact) mass is 898 g/mol. The van der Waals surface area contributed by atoms with Crippen LogP contribution in [0.5, 0.6) is 5.75 Å². The van der Waals surface area contributed by atoms with E-state index in [0.29, 0.717) is 6.04 Å². The lowest BCUT2D eigenvalue weighted by Crippen LogP contribution is -2.34. The number of nitrogens with zero attached hydrogens (tertiary/aromatic N) is 3. The van der Waals surface area contributed by atoms with E-state index in [1.54, 1.807) is 0 Å². The SMILES string of the molecule is CC1(C2=CC(c3ccc(-c4cccc5c4C4=Cc6c7c(n(C8CC=CCC8)c6CC4O5)CCC=C7)c(C4N=C(c5ccccc5)N=C(C5=CC=CCC5)N4)c3)CC=C2c2ccccc2)C=CC=CC1. The number of benzene rings is 4. The van der Waals surface area contributed by atoms with Crippen molar-refractivity contribution in [1.82, 2.24) is 9.88 Å². The summed E-state index contributed by atoms with van der Waals surface area (Å²) in [6.07, 6.45) is 42.7. The Hall–Kier alpha value is -7.24. The summed E-state index contributed by atoms with van der Waals surface area (Å²) < 4.78 is 9.83. The predicted molar refractivity (Wildman–Crippen MR) is 285 cm³/mol. The molecule has 5 unspecified atom stereocenters. The molecule has 1 N–H and O–H groups in total. The molecule has 1 aromatic heterocycles. The van der Waals surface area contributed by atoms with Crippen molar-refractivity contribution in [2.24, 2.45) is 15.4 Å². The summed E-state index contributed by atoms with van der Waals surface area (Å²) in [5.41, 5.74) is 19.2. The smallest absolute Gasteiger partial charge is 0.159 e. The molecule has 3 heterocycles.